The topological polar surface area (TPSA) is 15.3 Å². The van der Waals surface area contributed by atoms with E-state index in [1.54, 1.807) is 0 Å². The van der Waals surface area contributed by atoms with Gasteiger partial charge in [-0.2, -0.15) is 0 Å². The van der Waals surface area contributed by atoms with Gasteiger partial charge in [0.1, 0.15) is 0 Å². The van der Waals surface area contributed by atoms with Gasteiger partial charge in [0.2, 0.25) is 0 Å². The predicted molar refractivity (Wildman–Crippen MR) is 83.0 cm³/mol. The lowest BCUT2D eigenvalue weighted by atomic mass is 9.75. The summed E-state index contributed by atoms with van der Waals surface area (Å²) in [6.07, 6.45) is 8.34. The molecule has 2 unspecified atom stereocenters. The zero-order chi connectivity index (χ0) is 13.4. The Morgan fingerprint density at radius 1 is 0.950 bits per heavy atom. The van der Waals surface area contributed by atoms with Crippen LogP contribution in [-0.4, -0.2) is 36.1 Å². The van der Waals surface area contributed by atoms with Crippen LogP contribution in [0.3, 0.4) is 0 Å². The average molecular weight is 270 g/mol. The van der Waals surface area contributed by atoms with Gasteiger partial charge in [0, 0.05) is 24.7 Å². The fourth-order valence-corrected chi connectivity index (χ4v) is 4.50. The second-order valence-corrected chi connectivity index (χ2v) is 6.94. The number of nitrogens with zero attached hydrogens (tertiary/aromatic N) is 1. The summed E-state index contributed by atoms with van der Waals surface area (Å²) in [6.45, 7) is 2.68. The van der Waals surface area contributed by atoms with E-state index < -0.39 is 0 Å². The second-order valence-electron chi connectivity index (χ2n) is 6.94. The molecule has 2 atom stereocenters. The molecule has 1 N–H and O–H groups in total. The van der Waals surface area contributed by atoms with Gasteiger partial charge in [0.25, 0.3) is 0 Å². The molecule has 0 spiro atoms. The molecule has 2 heteroatoms. The van der Waals surface area contributed by atoms with E-state index in [0.29, 0.717) is 0 Å². The van der Waals surface area contributed by atoms with Gasteiger partial charge in [-0.15, -0.1) is 0 Å². The molecule has 108 valence electrons. The summed E-state index contributed by atoms with van der Waals surface area (Å²) in [5, 5.41) is 3.97. The summed E-state index contributed by atoms with van der Waals surface area (Å²) in [5.41, 5.74) is 1.54. The van der Waals surface area contributed by atoms with E-state index in [4.69, 9.17) is 0 Å². The Bertz CT molecular complexity index is 438. The maximum Gasteiger partial charge on any atom is 0.0249 e. The monoisotopic (exact) mass is 270 g/mol. The van der Waals surface area contributed by atoms with Gasteiger partial charge < -0.3 is 5.32 Å². The summed E-state index contributed by atoms with van der Waals surface area (Å²) in [4.78, 5) is 2.73. The van der Waals surface area contributed by atoms with Crippen LogP contribution < -0.4 is 5.32 Å². The molecular formula is C18H26N2. The van der Waals surface area contributed by atoms with Crippen LogP contribution in [-0.2, 0) is 0 Å². The second kappa shape index (κ2) is 5.50. The highest BCUT2D eigenvalue weighted by Gasteiger charge is 2.39. The largest absolute Gasteiger partial charge is 0.310 e. The highest BCUT2D eigenvalue weighted by atomic mass is 15.2. The van der Waals surface area contributed by atoms with Crippen molar-refractivity contribution >= 4 is 0 Å². The van der Waals surface area contributed by atoms with Crippen molar-refractivity contribution in [2.24, 2.45) is 0 Å². The van der Waals surface area contributed by atoms with Gasteiger partial charge >= 0.3 is 0 Å². The highest BCUT2D eigenvalue weighted by Crippen LogP contribution is 2.38. The molecule has 1 saturated carbocycles. The van der Waals surface area contributed by atoms with Crippen LogP contribution >= 0.6 is 0 Å². The Labute approximate surface area is 122 Å². The predicted octanol–water partition coefficient (Wildman–Crippen LogP) is 3.15. The Morgan fingerprint density at radius 2 is 1.80 bits per heavy atom. The van der Waals surface area contributed by atoms with Crippen LogP contribution in [0.25, 0.3) is 0 Å². The number of fused-ring (bicyclic) bond motifs is 1. The lowest BCUT2D eigenvalue weighted by Crippen LogP contribution is -2.51. The van der Waals surface area contributed by atoms with Crippen molar-refractivity contribution in [3.63, 3.8) is 0 Å². The molecule has 2 nitrogen and oxygen atoms in total. The van der Waals surface area contributed by atoms with E-state index in [-0.39, 0.29) is 0 Å². The maximum absolute atomic E-state index is 3.97. The quantitative estimate of drug-likeness (QED) is 0.907. The molecule has 1 aromatic rings. The molecule has 2 saturated heterocycles. The molecule has 20 heavy (non-hydrogen) atoms. The van der Waals surface area contributed by atoms with Crippen LogP contribution in [0.5, 0.6) is 0 Å². The van der Waals surface area contributed by atoms with E-state index in [2.05, 4.69) is 40.5 Å². The zero-order valence-electron chi connectivity index (χ0n) is 12.3. The minimum absolute atomic E-state index is 0.770. The highest BCUT2D eigenvalue weighted by molar-refractivity contribution is 5.23. The Morgan fingerprint density at radius 3 is 2.65 bits per heavy atom. The number of hydrogen-bond acceptors (Lipinski definition) is 2. The van der Waals surface area contributed by atoms with Crippen LogP contribution in [0.2, 0.25) is 0 Å². The number of hydrogen-bond donors (Lipinski definition) is 1. The Hall–Kier alpha value is -0.860. The summed E-state index contributed by atoms with van der Waals surface area (Å²) >= 11 is 0. The Balaban J connectivity index is 1.30. The molecule has 0 radical (unpaired) electrons. The van der Waals surface area contributed by atoms with Crippen LogP contribution in [0, 0.1) is 0 Å². The molecule has 3 fully saturated rings. The summed E-state index contributed by atoms with van der Waals surface area (Å²) in [5.74, 6) is 0.803. The number of piperidine rings is 1. The fourth-order valence-electron chi connectivity index (χ4n) is 4.50. The first kappa shape index (κ1) is 12.8. The van der Waals surface area contributed by atoms with E-state index in [0.717, 1.165) is 24.0 Å². The first-order chi connectivity index (χ1) is 9.90. The van der Waals surface area contributed by atoms with Gasteiger partial charge in [-0.1, -0.05) is 36.8 Å². The van der Waals surface area contributed by atoms with Crippen LogP contribution in [0.15, 0.2) is 30.3 Å². The van der Waals surface area contributed by atoms with Gasteiger partial charge in [0.15, 0.2) is 0 Å². The summed E-state index contributed by atoms with van der Waals surface area (Å²) < 4.78 is 0. The molecule has 0 amide bonds. The summed E-state index contributed by atoms with van der Waals surface area (Å²) in [6, 6.07) is 13.4. The van der Waals surface area contributed by atoms with E-state index >= 15 is 0 Å². The standard InChI is InChI=1S/C18H26N2/c1-2-6-14(7-3-1)15-12-16(13-15)19-17-9-11-20-10-5-4-8-18(17)20/h1-3,6-7,15-19H,4-5,8-13H2. The third-order valence-corrected chi connectivity index (χ3v) is 5.71. The fraction of sp³-hybridized carbons (Fsp3) is 0.667. The van der Waals surface area contributed by atoms with Crippen molar-refractivity contribution in [2.45, 2.75) is 62.6 Å². The Kier molecular flexibility index (Phi) is 3.53. The SMILES string of the molecule is c1ccc(C2CC(NC3CCN4CCCCC34)C2)cc1. The molecule has 1 aliphatic carbocycles. The lowest BCUT2D eigenvalue weighted by Gasteiger charge is -2.40. The number of rotatable bonds is 3. The molecule has 3 aliphatic rings. The minimum atomic E-state index is 0.770. The van der Waals surface area contributed by atoms with Crippen molar-refractivity contribution in [2.75, 3.05) is 13.1 Å². The smallest absolute Gasteiger partial charge is 0.0249 e. The van der Waals surface area contributed by atoms with Gasteiger partial charge in [-0.25, -0.2) is 0 Å². The first-order valence-corrected chi connectivity index (χ1v) is 8.45. The number of benzene rings is 1. The van der Waals surface area contributed by atoms with E-state index in [1.807, 2.05) is 0 Å². The molecule has 4 rings (SSSR count). The van der Waals surface area contributed by atoms with Gasteiger partial charge in [-0.05, 0) is 50.1 Å². The van der Waals surface area contributed by atoms with Crippen molar-refractivity contribution in [1.29, 1.82) is 0 Å². The normalized spacial score (nSPS) is 37.4. The number of nitrogens with one attached hydrogen (secondary N) is 1. The van der Waals surface area contributed by atoms with Crippen LogP contribution in [0.1, 0.15) is 50.0 Å². The third-order valence-electron chi connectivity index (χ3n) is 5.71. The van der Waals surface area contributed by atoms with Gasteiger partial charge in [0.05, 0.1) is 0 Å². The molecule has 1 aromatic carbocycles. The lowest BCUT2D eigenvalue weighted by molar-refractivity contribution is 0.164. The zero-order valence-corrected chi connectivity index (χ0v) is 12.3. The van der Waals surface area contributed by atoms with E-state index in [1.165, 1.54) is 57.2 Å². The average Bonchev–Trinajstić information content (AvgIpc) is 2.86. The molecule has 0 bridgehead atoms. The molecule has 2 aliphatic heterocycles. The molecule has 0 aromatic heterocycles. The van der Waals surface area contributed by atoms with Crippen LogP contribution in [0.4, 0.5) is 0 Å². The maximum atomic E-state index is 3.97. The van der Waals surface area contributed by atoms with Crippen molar-refractivity contribution < 1.29 is 0 Å². The van der Waals surface area contributed by atoms with Crippen molar-refractivity contribution in [3.8, 4) is 0 Å². The third kappa shape index (κ3) is 2.40. The molecular weight excluding hydrogens is 244 g/mol. The van der Waals surface area contributed by atoms with Crippen molar-refractivity contribution in [1.82, 2.24) is 10.2 Å². The molecule has 2 heterocycles. The summed E-state index contributed by atoms with van der Waals surface area (Å²) in [7, 11) is 0. The van der Waals surface area contributed by atoms with Crippen molar-refractivity contribution in [3.05, 3.63) is 35.9 Å². The first-order valence-electron chi connectivity index (χ1n) is 8.45. The van der Waals surface area contributed by atoms with Gasteiger partial charge in [-0.3, -0.25) is 4.90 Å². The van der Waals surface area contributed by atoms with E-state index in [9.17, 15) is 0 Å². The minimum Gasteiger partial charge on any atom is -0.310 e.